The average Bonchev–Trinajstić information content (AvgIpc) is 2.55. The van der Waals surface area contributed by atoms with Crippen LogP contribution in [0, 0.1) is 11.3 Å². The van der Waals surface area contributed by atoms with Crippen LogP contribution in [0.2, 0.25) is 0 Å². The summed E-state index contributed by atoms with van der Waals surface area (Å²) in [6.45, 7) is 11.6. The maximum Gasteiger partial charge on any atom is 0.0544 e. The Morgan fingerprint density at radius 3 is 1.84 bits per heavy atom. The van der Waals surface area contributed by atoms with Gasteiger partial charge in [-0.15, -0.1) is 0 Å². The quantitative estimate of drug-likeness (QED) is 0.792. The van der Waals surface area contributed by atoms with E-state index in [2.05, 4.69) is 54.7 Å². The number of rotatable bonds is 8. The summed E-state index contributed by atoms with van der Waals surface area (Å²) in [5.74, 6) is 0.514. The van der Waals surface area contributed by atoms with Crippen LogP contribution < -0.4 is 5.73 Å². The molecule has 2 rings (SSSR count). The standard InChI is InChI=1S/C21H32N4/c1-17(22)13-18(21(2,3)4)14-25(15-19-9-5-7-11-23-19)16-20-10-6-8-12-24-20/h5-12,17-18H,13-16,22H2,1-4H3. The van der Waals surface area contributed by atoms with Crippen molar-refractivity contribution in [1.82, 2.24) is 14.9 Å². The summed E-state index contributed by atoms with van der Waals surface area (Å²) < 4.78 is 0. The second kappa shape index (κ2) is 9.07. The van der Waals surface area contributed by atoms with Crippen LogP contribution in [0.1, 0.15) is 45.5 Å². The highest BCUT2D eigenvalue weighted by Gasteiger charge is 2.28. The van der Waals surface area contributed by atoms with Gasteiger partial charge in [0.1, 0.15) is 0 Å². The van der Waals surface area contributed by atoms with E-state index in [4.69, 9.17) is 5.73 Å². The smallest absolute Gasteiger partial charge is 0.0544 e. The van der Waals surface area contributed by atoms with Crippen LogP contribution in [0.3, 0.4) is 0 Å². The van der Waals surface area contributed by atoms with Crippen molar-refractivity contribution in [3.63, 3.8) is 0 Å². The van der Waals surface area contributed by atoms with Crippen molar-refractivity contribution < 1.29 is 0 Å². The molecule has 0 aliphatic rings. The Kier molecular flexibility index (Phi) is 7.09. The van der Waals surface area contributed by atoms with Crippen molar-refractivity contribution in [2.75, 3.05) is 6.54 Å². The van der Waals surface area contributed by atoms with Gasteiger partial charge < -0.3 is 5.73 Å². The van der Waals surface area contributed by atoms with Crippen molar-refractivity contribution >= 4 is 0 Å². The lowest BCUT2D eigenvalue weighted by Gasteiger charge is -2.36. The van der Waals surface area contributed by atoms with Crippen LogP contribution in [-0.4, -0.2) is 27.5 Å². The highest BCUT2D eigenvalue weighted by atomic mass is 15.1. The molecular weight excluding hydrogens is 308 g/mol. The molecule has 2 atom stereocenters. The normalized spacial score (nSPS) is 14.5. The van der Waals surface area contributed by atoms with E-state index in [0.717, 1.165) is 37.4 Å². The van der Waals surface area contributed by atoms with Crippen LogP contribution in [0.25, 0.3) is 0 Å². The van der Waals surface area contributed by atoms with Gasteiger partial charge >= 0.3 is 0 Å². The van der Waals surface area contributed by atoms with Gasteiger partial charge in [0.05, 0.1) is 11.4 Å². The van der Waals surface area contributed by atoms with Crippen LogP contribution in [0.4, 0.5) is 0 Å². The molecule has 4 nitrogen and oxygen atoms in total. The third-order valence-corrected chi connectivity index (χ3v) is 4.58. The van der Waals surface area contributed by atoms with Gasteiger partial charge in [-0.25, -0.2) is 0 Å². The fourth-order valence-electron chi connectivity index (χ4n) is 3.09. The van der Waals surface area contributed by atoms with Crippen molar-refractivity contribution in [3.05, 3.63) is 60.2 Å². The van der Waals surface area contributed by atoms with Crippen LogP contribution in [0.15, 0.2) is 48.8 Å². The Morgan fingerprint density at radius 1 is 0.960 bits per heavy atom. The zero-order valence-electron chi connectivity index (χ0n) is 16.0. The molecule has 2 N–H and O–H groups in total. The first-order valence-corrected chi connectivity index (χ1v) is 9.12. The number of nitrogens with zero attached hydrogens (tertiary/aromatic N) is 3. The average molecular weight is 341 g/mol. The molecule has 2 aromatic rings. The lowest BCUT2D eigenvalue weighted by molar-refractivity contribution is 0.123. The molecule has 0 spiro atoms. The largest absolute Gasteiger partial charge is 0.328 e. The highest BCUT2D eigenvalue weighted by molar-refractivity contribution is 5.06. The molecule has 0 bridgehead atoms. The summed E-state index contributed by atoms with van der Waals surface area (Å²) >= 11 is 0. The number of aromatic nitrogens is 2. The maximum atomic E-state index is 6.13. The van der Waals surface area contributed by atoms with Gasteiger partial charge in [-0.1, -0.05) is 32.9 Å². The van der Waals surface area contributed by atoms with Gasteiger partial charge in [-0.05, 0) is 48.9 Å². The van der Waals surface area contributed by atoms with Crippen molar-refractivity contribution in [2.24, 2.45) is 17.1 Å². The minimum absolute atomic E-state index is 0.204. The van der Waals surface area contributed by atoms with E-state index in [1.165, 1.54) is 0 Å². The molecule has 0 aliphatic carbocycles. The first-order valence-electron chi connectivity index (χ1n) is 9.12. The van der Waals surface area contributed by atoms with E-state index in [-0.39, 0.29) is 11.5 Å². The summed E-state index contributed by atoms with van der Waals surface area (Å²) in [5, 5.41) is 0. The number of hydrogen-bond acceptors (Lipinski definition) is 4. The fourth-order valence-corrected chi connectivity index (χ4v) is 3.09. The molecule has 0 saturated carbocycles. The van der Waals surface area contributed by atoms with Crippen LogP contribution >= 0.6 is 0 Å². The molecule has 2 unspecified atom stereocenters. The van der Waals surface area contributed by atoms with Crippen molar-refractivity contribution in [2.45, 2.75) is 53.2 Å². The molecule has 0 radical (unpaired) electrons. The summed E-state index contributed by atoms with van der Waals surface area (Å²) in [5.41, 5.74) is 8.52. The summed E-state index contributed by atoms with van der Waals surface area (Å²) in [6.07, 6.45) is 4.74. The molecule has 25 heavy (non-hydrogen) atoms. The molecule has 136 valence electrons. The van der Waals surface area contributed by atoms with E-state index in [1.807, 2.05) is 36.7 Å². The molecule has 0 amide bonds. The van der Waals surface area contributed by atoms with Gasteiger partial charge in [0.15, 0.2) is 0 Å². The van der Waals surface area contributed by atoms with E-state index < -0.39 is 0 Å². The Bertz CT molecular complexity index is 563. The fraction of sp³-hybridized carbons (Fsp3) is 0.524. The Balaban J connectivity index is 2.17. The molecular formula is C21H32N4. The minimum Gasteiger partial charge on any atom is -0.328 e. The van der Waals surface area contributed by atoms with E-state index in [9.17, 15) is 0 Å². The van der Waals surface area contributed by atoms with Crippen LogP contribution in [0.5, 0.6) is 0 Å². The molecule has 0 saturated heterocycles. The third kappa shape index (κ3) is 6.92. The predicted molar refractivity (Wildman–Crippen MR) is 104 cm³/mol. The molecule has 0 aromatic carbocycles. The Labute approximate surface area is 152 Å². The van der Waals surface area contributed by atoms with Gasteiger partial charge in [0.2, 0.25) is 0 Å². The molecule has 4 heteroatoms. The lowest BCUT2D eigenvalue weighted by Crippen LogP contribution is -2.38. The minimum atomic E-state index is 0.204. The number of hydrogen-bond donors (Lipinski definition) is 1. The number of nitrogens with two attached hydrogens (primary N) is 1. The van der Waals surface area contributed by atoms with Gasteiger partial charge in [-0.3, -0.25) is 14.9 Å². The zero-order valence-corrected chi connectivity index (χ0v) is 16.0. The Hall–Kier alpha value is -1.78. The molecule has 0 aliphatic heterocycles. The van der Waals surface area contributed by atoms with Crippen molar-refractivity contribution in [3.8, 4) is 0 Å². The summed E-state index contributed by atoms with van der Waals surface area (Å²) in [6, 6.07) is 12.4. The van der Waals surface area contributed by atoms with E-state index in [1.54, 1.807) is 0 Å². The zero-order chi connectivity index (χ0) is 18.3. The first kappa shape index (κ1) is 19.5. The monoisotopic (exact) mass is 340 g/mol. The molecule has 0 fully saturated rings. The third-order valence-electron chi connectivity index (χ3n) is 4.58. The summed E-state index contributed by atoms with van der Waals surface area (Å²) in [4.78, 5) is 11.5. The SMILES string of the molecule is CC(N)CC(CN(Cc1ccccn1)Cc1ccccn1)C(C)(C)C. The van der Waals surface area contributed by atoms with Gasteiger partial charge in [0, 0.05) is 38.1 Å². The molecule has 2 heterocycles. The number of pyridine rings is 2. The van der Waals surface area contributed by atoms with Crippen molar-refractivity contribution in [1.29, 1.82) is 0 Å². The lowest BCUT2D eigenvalue weighted by atomic mass is 9.77. The highest BCUT2D eigenvalue weighted by Crippen LogP contribution is 2.31. The van der Waals surface area contributed by atoms with Gasteiger partial charge in [-0.2, -0.15) is 0 Å². The first-order chi connectivity index (χ1) is 11.8. The topological polar surface area (TPSA) is 55.0 Å². The maximum absolute atomic E-state index is 6.13. The van der Waals surface area contributed by atoms with Crippen LogP contribution in [-0.2, 0) is 13.1 Å². The Morgan fingerprint density at radius 2 is 1.48 bits per heavy atom. The second-order valence-corrected chi connectivity index (χ2v) is 8.09. The second-order valence-electron chi connectivity index (χ2n) is 8.09. The van der Waals surface area contributed by atoms with E-state index in [0.29, 0.717) is 5.92 Å². The van der Waals surface area contributed by atoms with E-state index >= 15 is 0 Å². The molecule has 2 aromatic heterocycles. The predicted octanol–water partition coefficient (Wildman–Crippen LogP) is 3.88. The van der Waals surface area contributed by atoms with Gasteiger partial charge in [0.25, 0.3) is 0 Å². The summed E-state index contributed by atoms with van der Waals surface area (Å²) in [7, 11) is 0.